The van der Waals surface area contributed by atoms with Gasteiger partial charge in [0, 0.05) is 32.0 Å². The summed E-state index contributed by atoms with van der Waals surface area (Å²) in [5.74, 6) is 1.58. The van der Waals surface area contributed by atoms with Gasteiger partial charge in [0.05, 0.1) is 6.61 Å². The van der Waals surface area contributed by atoms with Crippen molar-refractivity contribution < 1.29 is 9.53 Å². The van der Waals surface area contributed by atoms with E-state index in [4.69, 9.17) is 4.74 Å². The summed E-state index contributed by atoms with van der Waals surface area (Å²) in [6.07, 6.45) is 4.88. The fourth-order valence-corrected chi connectivity index (χ4v) is 2.61. The van der Waals surface area contributed by atoms with Crippen LogP contribution in [0.1, 0.15) is 28.8 Å². The Morgan fingerprint density at radius 3 is 3.11 bits per heavy atom. The molecule has 0 spiro atoms. The first-order valence-electron chi connectivity index (χ1n) is 6.40. The minimum Gasteiger partial charge on any atom is -0.384 e. The molecule has 2 heterocycles. The van der Waals surface area contributed by atoms with Crippen LogP contribution in [0.4, 0.5) is 5.82 Å². The number of piperidine rings is 1. The zero-order chi connectivity index (χ0) is 13.0. The molecule has 0 saturated carbocycles. The number of anilines is 1. The zero-order valence-electron chi connectivity index (χ0n) is 11.1. The van der Waals surface area contributed by atoms with Crippen molar-refractivity contribution in [3.05, 3.63) is 23.4 Å². The van der Waals surface area contributed by atoms with E-state index in [0.29, 0.717) is 11.5 Å². The van der Waals surface area contributed by atoms with Crippen molar-refractivity contribution in [3.63, 3.8) is 0 Å². The van der Waals surface area contributed by atoms with Gasteiger partial charge in [-0.15, -0.1) is 0 Å². The Hall–Kier alpha value is -1.42. The molecule has 98 valence electrons. The minimum absolute atomic E-state index is 0.579. The molecule has 0 N–H and O–H groups in total. The Balaban J connectivity index is 2.13. The molecule has 2 rings (SSSR count). The van der Waals surface area contributed by atoms with E-state index in [0.717, 1.165) is 37.4 Å². The van der Waals surface area contributed by atoms with E-state index in [1.165, 1.54) is 12.8 Å². The summed E-state index contributed by atoms with van der Waals surface area (Å²) in [6, 6.07) is 1.90. The molecule has 1 fully saturated rings. The van der Waals surface area contributed by atoms with E-state index >= 15 is 0 Å². The van der Waals surface area contributed by atoms with Crippen LogP contribution in [0, 0.1) is 12.8 Å². The number of carbonyl (C=O) groups excluding carboxylic acids is 1. The van der Waals surface area contributed by atoms with Crippen molar-refractivity contribution in [2.75, 3.05) is 31.7 Å². The summed E-state index contributed by atoms with van der Waals surface area (Å²) < 4.78 is 5.24. The number of aromatic nitrogens is 1. The van der Waals surface area contributed by atoms with Gasteiger partial charge in [-0.05, 0) is 37.3 Å². The molecule has 4 heteroatoms. The Bertz CT molecular complexity index is 418. The molecule has 0 aliphatic carbocycles. The Labute approximate surface area is 108 Å². The standard InChI is InChI=1S/C14H20N2O2/c1-11-6-13(9-17)7-15-14(11)16-5-3-4-12(8-16)10-18-2/h6-7,9,12H,3-5,8,10H2,1-2H3. The van der Waals surface area contributed by atoms with E-state index in [1.807, 2.05) is 13.0 Å². The second-order valence-electron chi connectivity index (χ2n) is 4.94. The molecule has 1 aliphatic rings. The average Bonchev–Trinajstić information content (AvgIpc) is 2.39. The van der Waals surface area contributed by atoms with Gasteiger partial charge >= 0.3 is 0 Å². The maximum absolute atomic E-state index is 10.7. The number of aryl methyl sites for hydroxylation is 1. The smallest absolute Gasteiger partial charge is 0.151 e. The summed E-state index contributed by atoms with van der Waals surface area (Å²) in [6.45, 7) is 4.84. The van der Waals surface area contributed by atoms with Crippen LogP contribution in [0.2, 0.25) is 0 Å². The van der Waals surface area contributed by atoms with E-state index in [1.54, 1.807) is 13.3 Å². The van der Waals surface area contributed by atoms with Gasteiger partial charge in [-0.2, -0.15) is 0 Å². The summed E-state index contributed by atoms with van der Waals surface area (Å²) >= 11 is 0. The van der Waals surface area contributed by atoms with Crippen LogP contribution in [0.25, 0.3) is 0 Å². The number of carbonyl (C=O) groups is 1. The van der Waals surface area contributed by atoms with E-state index in [2.05, 4.69) is 9.88 Å². The number of ether oxygens (including phenoxy) is 1. The second-order valence-corrected chi connectivity index (χ2v) is 4.94. The predicted molar refractivity (Wildman–Crippen MR) is 71.2 cm³/mol. The molecule has 1 aromatic heterocycles. The molecule has 1 aromatic rings. The lowest BCUT2D eigenvalue weighted by atomic mass is 9.98. The van der Waals surface area contributed by atoms with E-state index < -0.39 is 0 Å². The van der Waals surface area contributed by atoms with Crippen LogP contribution in [0.15, 0.2) is 12.3 Å². The highest BCUT2D eigenvalue weighted by atomic mass is 16.5. The molecule has 1 unspecified atom stereocenters. The molecule has 1 atom stereocenters. The lowest BCUT2D eigenvalue weighted by Crippen LogP contribution is -2.38. The molecule has 0 radical (unpaired) electrons. The number of hydrogen-bond donors (Lipinski definition) is 0. The highest BCUT2D eigenvalue weighted by Gasteiger charge is 2.21. The van der Waals surface area contributed by atoms with Crippen LogP contribution < -0.4 is 4.90 Å². The van der Waals surface area contributed by atoms with Crippen LogP contribution in [-0.2, 0) is 4.74 Å². The van der Waals surface area contributed by atoms with Gasteiger partial charge in [0.2, 0.25) is 0 Å². The predicted octanol–water partition coefficient (Wildman–Crippen LogP) is 2.07. The third kappa shape index (κ3) is 2.88. The minimum atomic E-state index is 0.579. The van der Waals surface area contributed by atoms with Gasteiger partial charge < -0.3 is 9.64 Å². The third-order valence-electron chi connectivity index (χ3n) is 3.43. The third-order valence-corrected chi connectivity index (χ3v) is 3.43. The van der Waals surface area contributed by atoms with Gasteiger partial charge in [-0.3, -0.25) is 4.79 Å². The SMILES string of the molecule is COCC1CCCN(c2ncc(C=O)cc2C)C1. The van der Waals surface area contributed by atoms with Crippen molar-refractivity contribution in [3.8, 4) is 0 Å². The molecule has 4 nitrogen and oxygen atoms in total. The van der Waals surface area contributed by atoms with Gasteiger partial charge in [0.15, 0.2) is 6.29 Å². The number of methoxy groups -OCH3 is 1. The lowest BCUT2D eigenvalue weighted by Gasteiger charge is -2.34. The summed E-state index contributed by atoms with van der Waals surface area (Å²) in [7, 11) is 1.75. The highest BCUT2D eigenvalue weighted by molar-refractivity contribution is 5.75. The summed E-state index contributed by atoms with van der Waals surface area (Å²) in [5, 5.41) is 0. The van der Waals surface area contributed by atoms with Crippen LogP contribution >= 0.6 is 0 Å². The van der Waals surface area contributed by atoms with Crippen LogP contribution in [0.5, 0.6) is 0 Å². The van der Waals surface area contributed by atoms with Gasteiger partial charge in [-0.1, -0.05) is 0 Å². The highest BCUT2D eigenvalue weighted by Crippen LogP contribution is 2.24. The normalized spacial score (nSPS) is 19.9. The van der Waals surface area contributed by atoms with Gasteiger partial charge in [0.1, 0.15) is 5.82 Å². The molecule has 0 aromatic carbocycles. The van der Waals surface area contributed by atoms with Crippen LogP contribution in [0.3, 0.4) is 0 Å². The maximum atomic E-state index is 10.7. The van der Waals surface area contributed by atoms with E-state index in [9.17, 15) is 4.79 Å². The zero-order valence-corrected chi connectivity index (χ0v) is 11.1. The topological polar surface area (TPSA) is 42.4 Å². The number of nitrogens with zero attached hydrogens (tertiary/aromatic N) is 2. The first-order chi connectivity index (χ1) is 8.74. The van der Waals surface area contributed by atoms with Crippen molar-refractivity contribution in [2.24, 2.45) is 5.92 Å². The van der Waals surface area contributed by atoms with Crippen molar-refractivity contribution >= 4 is 12.1 Å². The number of rotatable bonds is 4. The molecule has 1 aliphatic heterocycles. The number of aldehydes is 1. The monoisotopic (exact) mass is 248 g/mol. The molecule has 18 heavy (non-hydrogen) atoms. The first kappa shape index (κ1) is 13.0. The largest absolute Gasteiger partial charge is 0.384 e. The van der Waals surface area contributed by atoms with Crippen molar-refractivity contribution in [2.45, 2.75) is 19.8 Å². The van der Waals surface area contributed by atoms with Gasteiger partial charge in [-0.25, -0.2) is 4.98 Å². The maximum Gasteiger partial charge on any atom is 0.151 e. The summed E-state index contributed by atoms with van der Waals surface area (Å²) in [5.41, 5.74) is 1.71. The Morgan fingerprint density at radius 1 is 1.61 bits per heavy atom. The molecular weight excluding hydrogens is 228 g/mol. The molecule has 0 bridgehead atoms. The van der Waals surface area contributed by atoms with Crippen LogP contribution in [-0.4, -0.2) is 38.1 Å². The summed E-state index contributed by atoms with van der Waals surface area (Å²) in [4.78, 5) is 17.4. The van der Waals surface area contributed by atoms with Gasteiger partial charge in [0.25, 0.3) is 0 Å². The fourth-order valence-electron chi connectivity index (χ4n) is 2.61. The molecule has 1 saturated heterocycles. The molecule has 0 amide bonds. The van der Waals surface area contributed by atoms with Crippen molar-refractivity contribution in [1.82, 2.24) is 4.98 Å². The average molecular weight is 248 g/mol. The molecular formula is C14H20N2O2. The quantitative estimate of drug-likeness (QED) is 0.765. The fraction of sp³-hybridized carbons (Fsp3) is 0.571. The second kappa shape index (κ2) is 5.96. The Morgan fingerprint density at radius 2 is 2.44 bits per heavy atom. The lowest BCUT2D eigenvalue weighted by molar-refractivity contribution is 0.112. The Kier molecular flexibility index (Phi) is 4.31. The van der Waals surface area contributed by atoms with E-state index in [-0.39, 0.29) is 0 Å². The number of hydrogen-bond acceptors (Lipinski definition) is 4. The first-order valence-corrected chi connectivity index (χ1v) is 6.40. The van der Waals surface area contributed by atoms with Crippen molar-refractivity contribution in [1.29, 1.82) is 0 Å². The number of pyridine rings is 1.